The van der Waals surface area contributed by atoms with Gasteiger partial charge in [0.15, 0.2) is 0 Å². The number of anilines is 2. The molecule has 0 heterocycles. The molecule has 4 bridgehead atoms. The molecule has 0 aromatic heterocycles. The number of rotatable bonds is 0. The van der Waals surface area contributed by atoms with Crippen molar-refractivity contribution < 1.29 is 0 Å². The molecule has 3 rings (SSSR count). The highest BCUT2D eigenvalue weighted by Crippen LogP contribution is 2.29. The van der Waals surface area contributed by atoms with Gasteiger partial charge < -0.3 is 11.5 Å². The third-order valence-corrected chi connectivity index (χ3v) is 3.76. The van der Waals surface area contributed by atoms with E-state index in [9.17, 15) is 0 Å². The largest absolute Gasteiger partial charge is 0.399 e. The van der Waals surface area contributed by atoms with E-state index in [1.165, 1.54) is 22.3 Å². The molecule has 2 nitrogen and oxygen atoms in total. The summed E-state index contributed by atoms with van der Waals surface area (Å²) in [6, 6.07) is 12.7. The van der Waals surface area contributed by atoms with Gasteiger partial charge in [-0.25, -0.2) is 0 Å². The van der Waals surface area contributed by atoms with Gasteiger partial charge in [-0.05, 0) is 72.2 Å². The van der Waals surface area contributed by atoms with Crippen LogP contribution in [0.15, 0.2) is 36.4 Å². The van der Waals surface area contributed by atoms with Gasteiger partial charge in [0.1, 0.15) is 0 Å². The average molecular weight is 238 g/mol. The van der Waals surface area contributed by atoms with Crippen LogP contribution in [0.5, 0.6) is 0 Å². The summed E-state index contributed by atoms with van der Waals surface area (Å²) in [6.07, 6.45) is 4.45. The standard InChI is InChI=1S/C16H18N2/c17-15-7-5-11-9-13(15)3-1-2-4-14-10-12(11)6-8-16(14)18/h5-10H,1-4,17-18H2. The molecule has 2 aromatic carbocycles. The third kappa shape index (κ3) is 1.94. The zero-order chi connectivity index (χ0) is 12.5. The van der Waals surface area contributed by atoms with Gasteiger partial charge in [0.2, 0.25) is 0 Å². The minimum absolute atomic E-state index is 0.912. The maximum Gasteiger partial charge on any atom is 0.0346 e. The maximum atomic E-state index is 6.03. The summed E-state index contributed by atoms with van der Waals surface area (Å²) < 4.78 is 0. The van der Waals surface area contributed by atoms with Crippen molar-refractivity contribution in [3.63, 3.8) is 0 Å². The molecule has 0 saturated carbocycles. The van der Waals surface area contributed by atoms with Crippen molar-refractivity contribution in [2.75, 3.05) is 11.5 Å². The van der Waals surface area contributed by atoms with Crippen LogP contribution in [0.4, 0.5) is 11.4 Å². The molecule has 2 aromatic rings. The van der Waals surface area contributed by atoms with Gasteiger partial charge in [0, 0.05) is 11.4 Å². The molecule has 1 aliphatic rings. The Morgan fingerprint density at radius 2 is 1.11 bits per heavy atom. The first-order chi connectivity index (χ1) is 8.74. The number of aryl methyl sites for hydroxylation is 2. The minimum Gasteiger partial charge on any atom is -0.399 e. The van der Waals surface area contributed by atoms with Crippen LogP contribution < -0.4 is 11.5 Å². The molecule has 0 unspecified atom stereocenters. The number of nitrogen functional groups attached to an aromatic ring is 2. The Labute approximate surface area is 108 Å². The second kappa shape index (κ2) is 4.37. The molecule has 92 valence electrons. The monoisotopic (exact) mass is 238 g/mol. The van der Waals surface area contributed by atoms with Crippen LogP contribution >= 0.6 is 0 Å². The second-order valence-corrected chi connectivity index (χ2v) is 5.03. The molecule has 2 heteroatoms. The van der Waals surface area contributed by atoms with Crippen LogP contribution in [0, 0.1) is 0 Å². The Bertz CT molecular complexity index is 534. The van der Waals surface area contributed by atoms with Crippen molar-refractivity contribution in [3.8, 4) is 11.1 Å². The third-order valence-electron chi connectivity index (χ3n) is 3.76. The molecule has 0 radical (unpaired) electrons. The summed E-state index contributed by atoms with van der Waals surface area (Å²) in [5, 5.41) is 0. The van der Waals surface area contributed by atoms with Gasteiger partial charge in [0.05, 0.1) is 0 Å². The minimum atomic E-state index is 0.912. The van der Waals surface area contributed by atoms with E-state index < -0.39 is 0 Å². The van der Waals surface area contributed by atoms with Gasteiger partial charge in [-0.1, -0.05) is 12.1 Å². The molecule has 0 aliphatic heterocycles. The first kappa shape index (κ1) is 11.1. The molecule has 0 saturated heterocycles. The maximum absolute atomic E-state index is 6.03. The summed E-state index contributed by atoms with van der Waals surface area (Å²) in [6.45, 7) is 0. The van der Waals surface area contributed by atoms with Crippen molar-refractivity contribution in [2.24, 2.45) is 0 Å². The highest BCUT2D eigenvalue weighted by atomic mass is 14.6. The van der Waals surface area contributed by atoms with Crippen molar-refractivity contribution in [3.05, 3.63) is 47.5 Å². The molecule has 0 atom stereocenters. The van der Waals surface area contributed by atoms with Crippen molar-refractivity contribution in [2.45, 2.75) is 25.7 Å². The molecule has 18 heavy (non-hydrogen) atoms. The Kier molecular flexibility index (Phi) is 2.71. The summed E-state index contributed by atoms with van der Waals surface area (Å²) in [7, 11) is 0. The highest BCUT2D eigenvalue weighted by Gasteiger charge is 2.09. The fourth-order valence-corrected chi connectivity index (χ4v) is 2.63. The van der Waals surface area contributed by atoms with Crippen LogP contribution in [-0.4, -0.2) is 0 Å². The summed E-state index contributed by atoms with van der Waals surface area (Å²) in [5.41, 5.74) is 18.9. The SMILES string of the molecule is Nc1ccc2cc1CCCCc1cc-2ccc1N. The predicted octanol–water partition coefficient (Wildman–Crippen LogP) is 3.40. The van der Waals surface area contributed by atoms with Crippen LogP contribution in [0.1, 0.15) is 24.0 Å². The van der Waals surface area contributed by atoms with E-state index in [1.807, 2.05) is 12.1 Å². The van der Waals surface area contributed by atoms with E-state index in [0.29, 0.717) is 0 Å². The fourth-order valence-electron chi connectivity index (χ4n) is 2.63. The van der Waals surface area contributed by atoms with Crippen molar-refractivity contribution >= 4 is 11.4 Å². The number of nitrogens with two attached hydrogens (primary N) is 2. The fraction of sp³-hybridized carbons (Fsp3) is 0.250. The Morgan fingerprint density at radius 3 is 1.56 bits per heavy atom. The topological polar surface area (TPSA) is 52.0 Å². The van der Waals surface area contributed by atoms with Gasteiger partial charge >= 0.3 is 0 Å². The lowest BCUT2D eigenvalue weighted by atomic mass is 9.93. The second-order valence-electron chi connectivity index (χ2n) is 5.03. The first-order valence-corrected chi connectivity index (χ1v) is 6.51. The lowest BCUT2D eigenvalue weighted by Gasteiger charge is -2.14. The van der Waals surface area contributed by atoms with E-state index in [1.54, 1.807) is 0 Å². The number of fused-ring (bicyclic) bond motifs is 5. The lowest BCUT2D eigenvalue weighted by Crippen LogP contribution is -2.00. The lowest BCUT2D eigenvalue weighted by molar-refractivity contribution is 0.735. The van der Waals surface area contributed by atoms with E-state index in [-0.39, 0.29) is 0 Å². The van der Waals surface area contributed by atoms with E-state index in [4.69, 9.17) is 11.5 Å². The quantitative estimate of drug-likeness (QED) is 0.691. The molecule has 1 aliphatic carbocycles. The van der Waals surface area contributed by atoms with Crippen LogP contribution in [-0.2, 0) is 12.8 Å². The van der Waals surface area contributed by atoms with Crippen LogP contribution in [0.25, 0.3) is 11.1 Å². The molecular formula is C16H18N2. The van der Waals surface area contributed by atoms with Crippen molar-refractivity contribution in [1.82, 2.24) is 0 Å². The Hall–Kier alpha value is -1.96. The molecule has 0 amide bonds. The van der Waals surface area contributed by atoms with Gasteiger partial charge in [0.25, 0.3) is 0 Å². The Balaban J connectivity index is 2.17. The van der Waals surface area contributed by atoms with E-state index in [0.717, 1.165) is 37.1 Å². The number of hydrogen-bond acceptors (Lipinski definition) is 2. The molecular weight excluding hydrogens is 220 g/mol. The van der Waals surface area contributed by atoms with Crippen LogP contribution in [0.3, 0.4) is 0 Å². The number of benzene rings is 2. The van der Waals surface area contributed by atoms with E-state index >= 15 is 0 Å². The number of hydrogen-bond donors (Lipinski definition) is 2. The molecule has 4 N–H and O–H groups in total. The molecule has 0 fully saturated rings. The van der Waals surface area contributed by atoms with Gasteiger partial charge in [-0.2, -0.15) is 0 Å². The van der Waals surface area contributed by atoms with Crippen LogP contribution in [0.2, 0.25) is 0 Å². The average Bonchev–Trinajstić information content (AvgIpc) is 2.38. The smallest absolute Gasteiger partial charge is 0.0346 e. The zero-order valence-electron chi connectivity index (χ0n) is 10.4. The van der Waals surface area contributed by atoms with Crippen molar-refractivity contribution in [1.29, 1.82) is 0 Å². The predicted molar refractivity (Wildman–Crippen MR) is 77.3 cm³/mol. The summed E-state index contributed by atoms with van der Waals surface area (Å²) >= 11 is 0. The van der Waals surface area contributed by atoms with E-state index in [2.05, 4.69) is 24.3 Å². The normalized spacial score (nSPS) is 14.2. The zero-order valence-corrected chi connectivity index (χ0v) is 10.4. The Morgan fingerprint density at radius 1 is 0.667 bits per heavy atom. The van der Waals surface area contributed by atoms with Gasteiger partial charge in [-0.3, -0.25) is 0 Å². The first-order valence-electron chi connectivity index (χ1n) is 6.51. The summed E-state index contributed by atoms with van der Waals surface area (Å²) in [4.78, 5) is 0. The molecule has 0 spiro atoms. The summed E-state index contributed by atoms with van der Waals surface area (Å²) in [5.74, 6) is 0. The van der Waals surface area contributed by atoms with Gasteiger partial charge in [-0.15, -0.1) is 0 Å². The highest BCUT2D eigenvalue weighted by molar-refractivity contribution is 5.71.